The van der Waals surface area contributed by atoms with Crippen LogP contribution < -0.4 is 11.1 Å². The number of phenolic OH excluding ortho intramolecular Hbond substituents is 1. The number of carbonyl (C=O) groups excluding carboxylic acids is 1. The van der Waals surface area contributed by atoms with E-state index in [-0.39, 0.29) is 5.75 Å². The van der Waals surface area contributed by atoms with E-state index >= 15 is 0 Å². The Morgan fingerprint density at radius 3 is 2.48 bits per heavy atom. The van der Waals surface area contributed by atoms with Crippen LogP contribution in [0.2, 0.25) is 0 Å². The number of aryl methyl sites for hydroxylation is 2. The second-order valence-electron chi connectivity index (χ2n) is 7.46. The van der Waals surface area contributed by atoms with Gasteiger partial charge in [0.2, 0.25) is 0 Å². The lowest BCUT2D eigenvalue weighted by molar-refractivity contribution is 0.100. The van der Waals surface area contributed by atoms with E-state index in [0.717, 1.165) is 27.8 Å². The number of primary amides is 1. The lowest BCUT2D eigenvalue weighted by atomic mass is 10.0. The van der Waals surface area contributed by atoms with Crippen molar-refractivity contribution in [2.24, 2.45) is 5.73 Å². The van der Waals surface area contributed by atoms with Gasteiger partial charge in [-0.05, 0) is 36.1 Å². The smallest absolute Gasteiger partial charge is 0.254 e. The van der Waals surface area contributed by atoms with Crippen LogP contribution in [-0.2, 0) is 13.0 Å². The van der Waals surface area contributed by atoms with Gasteiger partial charge in [-0.1, -0.05) is 36.4 Å². The zero-order valence-corrected chi connectivity index (χ0v) is 17.3. The number of amides is 1. The summed E-state index contributed by atoms with van der Waals surface area (Å²) in [7, 11) is 0. The number of carbonyl (C=O) groups is 1. The second-order valence-corrected chi connectivity index (χ2v) is 7.46. The molecule has 0 fully saturated rings. The Balaban J connectivity index is 1.51. The highest BCUT2D eigenvalue weighted by molar-refractivity contribution is 5.99. The molecule has 0 radical (unpaired) electrons. The van der Waals surface area contributed by atoms with E-state index in [1.807, 2.05) is 50.2 Å². The van der Waals surface area contributed by atoms with Crippen LogP contribution in [0.15, 0.2) is 53.4 Å². The van der Waals surface area contributed by atoms with Crippen molar-refractivity contribution < 1.29 is 14.3 Å². The zero-order valence-electron chi connectivity index (χ0n) is 17.3. The predicted molar refractivity (Wildman–Crippen MR) is 117 cm³/mol. The summed E-state index contributed by atoms with van der Waals surface area (Å²) in [5, 5.41) is 20.3. The SMILES string of the molecule is Cc1cc(CNc2n[nH]c(Cc3ccc(-c4cnco4)cc3)c2C(N)=O)cc(C)c1O. The number of oxazole rings is 1. The van der Waals surface area contributed by atoms with Crippen LogP contribution in [0.3, 0.4) is 0 Å². The van der Waals surface area contributed by atoms with Crippen molar-refractivity contribution in [2.45, 2.75) is 26.8 Å². The van der Waals surface area contributed by atoms with Crippen molar-refractivity contribution in [3.63, 3.8) is 0 Å². The molecule has 0 aliphatic heterocycles. The van der Waals surface area contributed by atoms with Gasteiger partial charge in [0.15, 0.2) is 18.0 Å². The summed E-state index contributed by atoms with van der Waals surface area (Å²) < 4.78 is 5.31. The number of anilines is 1. The predicted octanol–water partition coefficient (Wildman–Crippen LogP) is 3.69. The molecule has 2 heterocycles. The van der Waals surface area contributed by atoms with Crippen LogP contribution in [0.25, 0.3) is 11.3 Å². The molecule has 4 rings (SSSR count). The number of nitrogens with one attached hydrogen (secondary N) is 2. The van der Waals surface area contributed by atoms with Crippen LogP contribution in [0.1, 0.15) is 38.3 Å². The molecule has 0 spiro atoms. The summed E-state index contributed by atoms with van der Waals surface area (Å²) in [4.78, 5) is 16.1. The topological polar surface area (TPSA) is 130 Å². The van der Waals surface area contributed by atoms with E-state index in [1.165, 1.54) is 6.39 Å². The first-order chi connectivity index (χ1) is 14.9. The largest absolute Gasteiger partial charge is 0.507 e. The highest BCUT2D eigenvalue weighted by Crippen LogP contribution is 2.25. The normalized spacial score (nSPS) is 10.9. The summed E-state index contributed by atoms with van der Waals surface area (Å²) in [5.41, 5.74) is 11.1. The quantitative estimate of drug-likeness (QED) is 0.363. The van der Waals surface area contributed by atoms with Crippen molar-refractivity contribution in [1.29, 1.82) is 0 Å². The lowest BCUT2D eigenvalue weighted by Gasteiger charge is -2.09. The number of hydrogen-bond donors (Lipinski definition) is 4. The minimum Gasteiger partial charge on any atom is -0.507 e. The monoisotopic (exact) mass is 417 g/mol. The zero-order chi connectivity index (χ0) is 22.0. The van der Waals surface area contributed by atoms with Crippen molar-refractivity contribution >= 4 is 11.7 Å². The molecule has 1 amide bonds. The molecule has 8 heteroatoms. The highest BCUT2D eigenvalue weighted by Gasteiger charge is 2.19. The number of aromatic amines is 1. The molecule has 4 aromatic rings. The van der Waals surface area contributed by atoms with Crippen LogP contribution in [0.5, 0.6) is 5.75 Å². The van der Waals surface area contributed by atoms with Crippen molar-refractivity contribution in [3.05, 3.63) is 82.5 Å². The Labute approximate surface area is 179 Å². The maximum atomic E-state index is 12.1. The number of phenols is 1. The lowest BCUT2D eigenvalue weighted by Crippen LogP contribution is -2.15. The van der Waals surface area contributed by atoms with Gasteiger partial charge >= 0.3 is 0 Å². The summed E-state index contributed by atoms with van der Waals surface area (Å²) >= 11 is 0. The van der Waals surface area contributed by atoms with Gasteiger partial charge in [0.25, 0.3) is 5.91 Å². The third kappa shape index (κ3) is 4.28. The number of hydrogen-bond acceptors (Lipinski definition) is 6. The van der Waals surface area contributed by atoms with E-state index in [9.17, 15) is 9.90 Å². The average Bonchev–Trinajstić information content (AvgIpc) is 3.41. The number of nitrogens with two attached hydrogens (primary N) is 1. The van der Waals surface area contributed by atoms with Gasteiger partial charge in [0, 0.05) is 18.5 Å². The van der Waals surface area contributed by atoms with E-state index in [1.54, 1.807) is 6.20 Å². The Morgan fingerprint density at radius 1 is 1.16 bits per heavy atom. The van der Waals surface area contributed by atoms with E-state index < -0.39 is 5.91 Å². The van der Waals surface area contributed by atoms with Crippen LogP contribution in [-0.4, -0.2) is 26.2 Å². The van der Waals surface area contributed by atoms with Gasteiger partial charge in [0.05, 0.1) is 11.9 Å². The summed E-state index contributed by atoms with van der Waals surface area (Å²) in [6, 6.07) is 11.6. The fourth-order valence-electron chi connectivity index (χ4n) is 3.58. The Kier molecular flexibility index (Phi) is 5.44. The second kappa shape index (κ2) is 8.35. The standard InChI is InChI=1S/C23H23N5O3/c1-13-7-16(8-14(2)21(13)29)10-26-23-20(22(24)30)18(27-28-23)9-15-3-5-17(6-4-15)19-11-25-12-31-19/h3-8,11-12,29H,9-10H2,1-2H3,(H2,24,30)(H2,26,27,28). The number of nitrogens with zero attached hydrogens (tertiary/aromatic N) is 2. The number of aromatic nitrogens is 3. The van der Waals surface area contributed by atoms with E-state index in [0.29, 0.717) is 35.8 Å². The number of rotatable bonds is 7. The molecule has 0 aliphatic rings. The first kappa shape index (κ1) is 20.2. The molecule has 0 atom stereocenters. The van der Waals surface area contributed by atoms with Gasteiger partial charge < -0.3 is 20.6 Å². The molecule has 0 saturated heterocycles. The molecule has 8 nitrogen and oxygen atoms in total. The molecule has 5 N–H and O–H groups in total. The minimum absolute atomic E-state index is 0.290. The molecular weight excluding hydrogens is 394 g/mol. The fraction of sp³-hybridized carbons (Fsp3) is 0.174. The summed E-state index contributed by atoms with van der Waals surface area (Å²) in [6.45, 7) is 4.14. The highest BCUT2D eigenvalue weighted by atomic mass is 16.3. The van der Waals surface area contributed by atoms with E-state index in [2.05, 4.69) is 20.5 Å². The summed E-state index contributed by atoms with van der Waals surface area (Å²) in [6.07, 6.45) is 3.52. The van der Waals surface area contributed by atoms with Crippen molar-refractivity contribution in [3.8, 4) is 17.1 Å². The van der Waals surface area contributed by atoms with Crippen molar-refractivity contribution in [1.82, 2.24) is 15.2 Å². The number of aromatic hydroxyl groups is 1. The molecule has 0 bridgehead atoms. The third-order valence-electron chi connectivity index (χ3n) is 5.15. The first-order valence-electron chi connectivity index (χ1n) is 9.80. The molecule has 31 heavy (non-hydrogen) atoms. The fourth-order valence-corrected chi connectivity index (χ4v) is 3.58. The van der Waals surface area contributed by atoms with Gasteiger partial charge in [-0.15, -0.1) is 0 Å². The average molecular weight is 417 g/mol. The van der Waals surface area contributed by atoms with Gasteiger partial charge in [-0.2, -0.15) is 5.10 Å². The molecule has 2 aromatic heterocycles. The van der Waals surface area contributed by atoms with Crippen LogP contribution in [0, 0.1) is 13.8 Å². The number of benzene rings is 2. The van der Waals surface area contributed by atoms with Gasteiger partial charge in [0.1, 0.15) is 11.3 Å². The van der Waals surface area contributed by atoms with E-state index in [4.69, 9.17) is 10.2 Å². The molecule has 0 aliphatic carbocycles. The van der Waals surface area contributed by atoms with Crippen LogP contribution in [0.4, 0.5) is 5.82 Å². The Morgan fingerprint density at radius 2 is 1.87 bits per heavy atom. The van der Waals surface area contributed by atoms with Gasteiger partial charge in [-0.3, -0.25) is 9.89 Å². The Hall–Kier alpha value is -4.07. The molecule has 2 aromatic carbocycles. The first-order valence-corrected chi connectivity index (χ1v) is 9.80. The maximum absolute atomic E-state index is 12.1. The van der Waals surface area contributed by atoms with Gasteiger partial charge in [-0.25, -0.2) is 4.98 Å². The molecular formula is C23H23N5O3. The van der Waals surface area contributed by atoms with Crippen molar-refractivity contribution in [2.75, 3.05) is 5.32 Å². The Bertz CT molecular complexity index is 1190. The number of H-pyrrole nitrogens is 1. The third-order valence-corrected chi connectivity index (χ3v) is 5.15. The molecule has 0 saturated carbocycles. The molecule has 0 unspecified atom stereocenters. The van der Waals surface area contributed by atoms with Crippen LogP contribution >= 0.6 is 0 Å². The maximum Gasteiger partial charge on any atom is 0.254 e. The summed E-state index contributed by atoms with van der Waals surface area (Å²) in [5.74, 6) is 0.835. The minimum atomic E-state index is -0.553. The molecule has 158 valence electrons.